The van der Waals surface area contributed by atoms with Crippen LogP contribution in [0, 0.1) is 0 Å². The van der Waals surface area contributed by atoms with Gasteiger partial charge in [0.25, 0.3) is 0 Å². The Morgan fingerprint density at radius 2 is 1.38 bits per heavy atom. The molecule has 1 aromatic carbocycles. The minimum Gasteiger partial charge on any atom is -0.490 e. The Balaban J connectivity index is 1.27. The van der Waals surface area contributed by atoms with E-state index in [0.29, 0.717) is 50.9 Å². The maximum Gasteiger partial charge on any atom is 0.243 e. The molecule has 32 heavy (non-hydrogen) atoms. The average molecular weight is 460 g/mol. The maximum absolute atomic E-state index is 13.2. The molecule has 0 spiro atoms. The van der Waals surface area contributed by atoms with Crippen LogP contribution in [0.4, 0.5) is 11.6 Å². The standard InChI is InChI=1S/C22H29N5O4S/c28-32(29,18-5-6-19-20(15-18)31-14-4-13-30-19)27-11-9-26(10-12-27)22-16-21(23-17-24-22)25-7-2-1-3-8-25/h5-6,15-17H,1-4,7-14H2. The fourth-order valence-corrected chi connectivity index (χ4v) is 5.85. The van der Waals surface area contributed by atoms with Crippen molar-refractivity contribution in [1.82, 2.24) is 14.3 Å². The molecule has 2 fully saturated rings. The van der Waals surface area contributed by atoms with E-state index < -0.39 is 10.0 Å². The zero-order valence-corrected chi connectivity index (χ0v) is 19.0. The van der Waals surface area contributed by atoms with Crippen LogP contribution >= 0.6 is 0 Å². The SMILES string of the molecule is O=S(=O)(c1ccc2c(c1)OCCCO2)N1CCN(c2cc(N3CCCCC3)ncn2)CC1. The molecule has 0 aliphatic carbocycles. The first-order valence-corrected chi connectivity index (χ1v) is 12.8. The fourth-order valence-electron chi connectivity index (χ4n) is 4.42. The van der Waals surface area contributed by atoms with Crippen molar-refractivity contribution in [3.8, 4) is 11.5 Å². The molecule has 0 radical (unpaired) electrons. The molecule has 9 nitrogen and oxygen atoms in total. The third-order valence-corrected chi connectivity index (χ3v) is 8.13. The molecule has 10 heteroatoms. The minimum absolute atomic E-state index is 0.240. The molecular weight excluding hydrogens is 430 g/mol. The van der Waals surface area contributed by atoms with Gasteiger partial charge in [-0.25, -0.2) is 18.4 Å². The van der Waals surface area contributed by atoms with Gasteiger partial charge in [-0.2, -0.15) is 4.31 Å². The van der Waals surface area contributed by atoms with Crippen LogP contribution in [0.2, 0.25) is 0 Å². The summed E-state index contributed by atoms with van der Waals surface area (Å²) in [6.45, 7) is 5.12. The Morgan fingerprint density at radius 1 is 0.719 bits per heavy atom. The van der Waals surface area contributed by atoms with Gasteiger partial charge in [-0.05, 0) is 31.4 Å². The highest BCUT2D eigenvalue weighted by Crippen LogP contribution is 2.33. The highest BCUT2D eigenvalue weighted by molar-refractivity contribution is 7.89. The van der Waals surface area contributed by atoms with Gasteiger partial charge in [0.05, 0.1) is 18.1 Å². The van der Waals surface area contributed by atoms with Gasteiger partial charge in [-0.1, -0.05) is 0 Å². The van der Waals surface area contributed by atoms with Crippen molar-refractivity contribution in [1.29, 1.82) is 0 Å². The van der Waals surface area contributed by atoms with Crippen molar-refractivity contribution in [3.63, 3.8) is 0 Å². The van der Waals surface area contributed by atoms with Gasteiger partial charge >= 0.3 is 0 Å². The lowest BCUT2D eigenvalue weighted by molar-refractivity contribution is 0.296. The molecule has 0 atom stereocenters. The third kappa shape index (κ3) is 4.33. The van der Waals surface area contributed by atoms with Crippen LogP contribution in [0.3, 0.4) is 0 Å². The van der Waals surface area contributed by atoms with Crippen molar-refractivity contribution >= 4 is 21.7 Å². The van der Waals surface area contributed by atoms with Crippen molar-refractivity contribution in [2.24, 2.45) is 0 Å². The molecule has 2 aromatic rings. The third-order valence-electron chi connectivity index (χ3n) is 6.24. The molecule has 0 saturated carbocycles. The molecule has 4 heterocycles. The first-order valence-electron chi connectivity index (χ1n) is 11.3. The molecule has 172 valence electrons. The number of hydrogen-bond acceptors (Lipinski definition) is 8. The van der Waals surface area contributed by atoms with E-state index in [9.17, 15) is 8.42 Å². The summed E-state index contributed by atoms with van der Waals surface area (Å²) in [5, 5.41) is 0. The Kier molecular flexibility index (Phi) is 6.05. The predicted molar refractivity (Wildman–Crippen MR) is 121 cm³/mol. The quantitative estimate of drug-likeness (QED) is 0.687. The fraction of sp³-hybridized carbons (Fsp3) is 0.545. The second-order valence-electron chi connectivity index (χ2n) is 8.33. The number of fused-ring (bicyclic) bond motifs is 1. The molecular formula is C22H29N5O4S. The molecule has 0 N–H and O–H groups in total. The Labute approximate surface area is 189 Å². The van der Waals surface area contributed by atoms with E-state index in [1.807, 2.05) is 6.07 Å². The van der Waals surface area contributed by atoms with E-state index in [1.54, 1.807) is 24.5 Å². The van der Waals surface area contributed by atoms with Gasteiger partial charge in [-0.15, -0.1) is 0 Å². The molecule has 3 aliphatic heterocycles. The highest BCUT2D eigenvalue weighted by atomic mass is 32.2. The maximum atomic E-state index is 13.2. The lowest BCUT2D eigenvalue weighted by Gasteiger charge is -2.35. The van der Waals surface area contributed by atoms with E-state index in [0.717, 1.165) is 31.1 Å². The smallest absolute Gasteiger partial charge is 0.243 e. The predicted octanol–water partition coefficient (Wildman–Crippen LogP) is 2.14. The second kappa shape index (κ2) is 9.11. The first kappa shape index (κ1) is 21.3. The van der Waals surface area contributed by atoms with Crippen LogP contribution in [0.1, 0.15) is 25.7 Å². The summed E-state index contributed by atoms with van der Waals surface area (Å²) in [5.41, 5.74) is 0. The Hall–Kier alpha value is -2.59. The van der Waals surface area contributed by atoms with Crippen molar-refractivity contribution in [3.05, 3.63) is 30.6 Å². The molecule has 0 bridgehead atoms. The zero-order valence-electron chi connectivity index (χ0n) is 18.1. The van der Waals surface area contributed by atoms with Gasteiger partial charge in [0.2, 0.25) is 10.0 Å². The highest BCUT2D eigenvalue weighted by Gasteiger charge is 2.30. The lowest BCUT2D eigenvalue weighted by Crippen LogP contribution is -2.49. The van der Waals surface area contributed by atoms with Gasteiger partial charge < -0.3 is 19.3 Å². The van der Waals surface area contributed by atoms with Crippen LogP contribution in [0.25, 0.3) is 0 Å². The molecule has 0 unspecified atom stereocenters. The Morgan fingerprint density at radius 3 is 2.09 bits per heavy atom. The first-order chi connectivity index (χ1) is 15.6. The van der Waals surface area contributed by atoms with Crippen LogP contribution < -0.4 is 19.3 Å². The number of rotatable bonds is 4. The number of sulfonamides is 1. The lowest BCUT2D eigenvalue weighted by atomic mass is 10.1. The van der Waals surface area contributed by atoms with Gasteiger partial charge in [0.1, 0.15) is 18.0 Å². The number of hydrogen-bond donors (Lipinski definition) is 0. The van der Waals surface area contributed by atoms with Gasteiger partial charge in [-0.3, -0.25) is 0 Å². The van der Waals surface area contributed by atoms with E-state index in [2.05, 4.69) is 19.8 Å². The summed E-state index contributed by atoms with van der Waals surface area (Å²) >= 11 is 0. The number of benzene rings is 1. The molecule has 0 amide bonds. The number of anilines is 2. The average Bonchev–Trinajstić information content (AvgIpc) is 3.10. The van der Waals surface area contributed by atoms with E-state index in [-0.39, 0.29) is 4.90 Å². The number of nitrogens with zero attached hydrogens (tertiary/aromatic N) is 5. The van der Waals surface area contributed by atoms with Crippen LogP contribution in [-0.2, 0) is 10.0 Å². The van der Waals surface area contributed by atoms with Crippen molar-refractivity contribution in [2.75, 3.05) is 62.3 Å². The van der Waals surface area contributed by atoms with Gasteiger partial charge in [0, 0.05) is 57.8 Å². The molecule has 5 rings (SSSR count). The summed E-state index contributed by atoms with van der Waals surface area (Å²) in [4.78, 5) is 13.6. The van der Waals surface area contributed by atoms with Gasteiger partial charge in [0.15, 0.2) is 11.5 Å². The number of aromatic nitrogens is 2. The molecule has 1 aromatic heterocycles. The van der Waals surface area contributed by atoms with Crippen molar-refractivity contribution in [2.45, 2.75) is 30.6 Å². The summed E-state index contributed by atoms with van der Waals surface area (Å²) in [6.07, 6.45) is 6.04. The minimum atomic E-state index is -3.61. The normalized spacial score (nSPS) is 20.1. The van der Waals surface area contributed by atoms with Crippen LogP contribution in [0.5, 0.6) is 11.5 Å². The zero-order chi connectivity index (χ0) is 22.0. The number of piperazine rings is 1. The summed E-state index contributed by atoms with van der Waals surface area (Å²) in [5.74, 6) is 2.90. The van der Waals surface area contributed by atoms with Crippen LogP contribution in [0.15, 0.2) is 35.5 Å². The van der Waals surface area contributed by atoms with Crippen LogP contribution in [-0.4, -0.2) is 75.2 Å². The summed E-state index contributed by atoms with van der Waals surface area (Å²) < 4.78 is 39.3. The molecule has 3 aliphatic rings. The second-order valence-corrected chi connectivity index (χ2v) is 10.3. The van der Waals surface area contributed by atoms with Crippen molar-refractivity contribution < 1.29 is 17.9 Å². The molecule has 2 saturated heterocycles. The summed E-state index contributed by atoms with van der Waals surface area (Å²) in [6, 6.07) is 6.90. The van der Waals surface area contributed by atoms with E-state index in [1.165, 1.54) is 23.6 Å². The van der Waals surface area contributed by atoms with E-state index in [4.69, 9.17) is 9.47 Å². The summed E-state index contributed by atoms with van der Waals surface area (Å²) in [7, 11) is -3.61. The topological polar surface area (TPSA) is 88.1 Å². The number of piperidine rings is 1. The monoisotopic (exact) mass is 459 g/mol. The Bertz CT molecular complexity index is 1050. The largest absolute Gasteiger partial charge is 0.490 e. The number of ether oxygens (including phenoxy) is 2. The van der Waals surface area contributed by atoms with E-state index >= 15 is 0 Å².